The Labute approximate surface area is 159 Å². The Kier molecular flexibility index (Phi) is 4.49. The number of nitrogens with one attached hydrogen (secondary N) is 1. The van der Waals surface area contributed by atoms with Gasteiger partial charge in [-0.05, 0) is 42.3 Å². The Balaban J connectivity index is 1.60. The Morgan fingerprint density at radius 1 is 1.37 bits per heavy atom. The lowest BCUT2D eigenvalue weighted by Gasteiger charge is -2.27. The monoisotopic (exact) mass is 385 g/mol. The molecule has 0 aliphatic heterocycles. The van der Waals surface area contributed by atoms with Crippen molar-refractivity contribution in [2.45, 2.75) is 18.4 Å². The third-order valence-electron chi connectivity index (χ3n) is 4.91. The first kappa shape index (κ1) is 17.8. The molecule has 1 aliphatic rings. The number of para-hydroxylation sites is 1. The zero-order valence-electron chi connectivity index (χ0n) is 14.7. The third-order valence-corrected chi connectivity index (χ3v) is 5.94. The van der Waals surface area contributed by atoms with Crippen LogP contribution in [0.2, 0.25) is 0 Å². The first-order valence-electron chi connectivity index (χ1n) is 8.68. The van der Waals surface area contributed by atoms with Gasteiger partial charge in [0.1, 0.15) is 11.2 Å². The van der Waals surface area contributed by atoms with Gasteiger partial charge in [0, 0.05) is 10.3 Å². The van der Waals surface area contributed by atoms with Gasteiger partial charge < -0.3 is 19.6 Å². The van der Waals surface area contributed by atoms with E-state index in [9.17, 15) is 14.7 Å². The van der Waals surface area contributed by atoms with Crippen LogP contribution >= 0.6 is 11.3 Å². The molecule has 7 heteroatoms. The predicted molar refractivity (Wildman–Crippen MR) is 102 cm³/mol. The number of hydrogen-bond acceptors (Lipinski definition) is 6. The normalized spacial score (nSPS) is 16.1. The minimum Gasteiger partial charge on any atom is -0.493 e. The molecule has 6 nitrogen and oxygen atoms in total. The molecule has 1 aliphatic carbocycles. The SMILES string of the molecule is COc1cccc2cc(C(=O)NC[C@@](O)(c3cccs3)C3CC3)c(=O)oc12. The van der Waals surface area contributed by atoms with Crippen LogP contribution in [0.4, 0.5) is 0 Å². The van der Waals surface area contributed by atoms with Crippen molar-refractivity contribution in [1.82, 2.24) is 5.32 Å². The van der Waals surface area contributed by atoms with Gasteiger partial charge in [0.05, 0.1) is 13.7 Å². The minimum absolute atomic E-state index is 0.0482. The second kappa shape index (κ2) is 6.83. The lowest BCUT2D eigenvalue weighted by molar-refractivity contribution is 0.0169. The quantitative estimate of drug-likeness (QED) is 0.637. The van der Waals surface area contributed by atoms with Crippen LogP contribution in [0, 0.1) is 5.92 Å². The Morgan fingerprint density at radius 2 is 2.19 bits per heavy atom. The topological polar surface area (TPSA) is 88.8 Å². The molecule has 0 radical (unpaired) electrons. The van der Waals surface area contributed by atoms with Crippen LogP contribution in [0.15, 0.2) is 51.0 Å². The van der Waals surface area contributed by atoms with E-state index in [2.05, 4.69) is 5.32 Å². The van der Waals surface area contributed by atoms with Gasteiger partial charge in [0.15, 0.2) is 11.3 Å². The molecule has 27 heavy (non-hydrogen) atoms. The summed E-state index contributed by atoms with van der Waals surface area (Å²) in [6.07, 6.45) is 1.84. The smallest absolute Gasteiger partial charge is 0.349 e. The van der Waals surface area contributed by atoms with E-state index in [-0.39, 0.29) is 18.0 Å². The van der Waals surface area contributed by atoms with Crippen LogP contribution in [-0.2, 0) is 5.60 Å². The molecule has 1 fully saturated rings. The van der Waals surface area contributed by atoms with Crippen LogP contribution in [0.25, 0.3) is 11.0 Å². The molecule has 0 bridgehead atoms. The van der Waals surface area contributed by atoms with Crippen molar-refractivity contribution >= 4 is 28.2 Å². The summed E-state index contributed by atoms with van der Waals surface area (Å²) in [7, 11) is 1.48. The Morgan fingerprint density at radius 3 is 2.85 bits per heavy atom. The molecule has 2 heterocycles. The first-order chi connectivity index (χ1) is 13.0. The second-order valence-electron chi connectivity index (χ2n) is 6.68. The maximum atomic E-state index is 12.6. The zero-order chi connectivity index (χ0) is 19.0. The van der Waals surface area contributed by atoms with Crippen molar-refractivity contribution in [3.05, 3.63) is 62.6 Å². The lowest BCUT2D eigenvalue weighted by atomic mass is 9.95. The molecule has 1 saturated carbocycles. The number of fused-ring (bicyclic) bond motifs is 1. The Bertz CT molecular complexity index is 1040. The van der Waals surface area contributed by atoms with E-state index in [1.54, 1.807) is 18.2 Å². The van der Waals surface area contributed by atoms with E-state index in [4.69, 9.17) is 9.15 Å². The minimum atomic E-state index is -1.11. The van der Waals surface area contributed by atoms with Gasteiger partial charge in [0.25, 0.3) is 5.91 Å². The van der Waals surface area contributed by atoms with Crippen molar-refractivity contribution in [3.8, 4) is 5.75 Å². The molecule has 1 aromatic carbocycles. The molecule has 0 saturated heterocycles. The van der Waals surface area contributed by atoms with Gasteiger partial charge in [-0.2, -0.15) is 0 Å². The number of hydrogen-bond donors (Lipinski definition) is 2. The fourth-order valence-corrected chi connectivity index (χ4v) is 4.17. The number of thiophene rings is 1. The van der Waals surface area contributed by atoms with Gasteiger partial charge >= 0.3 is 5.63 Å². The number of methoxy groups -OCH3 is 1. The number of carbonyl (C=O) groups excluding carboxylic acids is 1. The highest BCUT2D eigenvalue weighted by atomic mass is 32.1. The van der Waals surface area contributed by atoms with E-state index >= 15 is 0 Å². The maximum Gasteiger partial charge on any atom is 0.349 e. The van der Waals surface area contributed by atoms with Gasteiger partial charge in [0.2, 0.25) is 0 Å². The van der Waals surface area contributed by atoms with Crippen LogP contribution in [-0.4, -0.2) is 24.7 Å². The number of aliphatic hydroxyl groups is 1. The molecule has 3 aromatic rings. The highest BCUT2D eigenvalue weighted by molar-refractivity contribution is 7.10. The molecule has 4 rings (SSSR count). The van der Waals surface area contributed by atoms with Crippen molar-refractivity contribution in [3.63, 3.8) is 0 Å². The summed E-state index contributed by atoms with van der Waals surface area (Å²) in [6.45, 7) is 0.0482. The van der Waals surface area contributed by atoms with E-state index in [0.29, 0.717) is 16.7 Å². The maximum absolute atomic E-state index is 12.6. The molecule has 1 amide bonds. The molecule has 0 unspecified atom stereocenters. The number of carbonyl (C=O) groups is 1. The first-order valence-corrected chi connectivity index (χ1v) is 9.56. The van der Waals surface area contributed by atoms with Crippen molar-refractivity contribution < 1.29 is 19.1 Å². The summed E-state index contributed by atoms with van der Waals surface area (Å²) in [5.41, 5.74) is -1.64. The predicted octanol–water partition coefficient (Wildman–Crippen LogP) is 2.89. The highest BCUT2D eigenvalue weighted by Gasteiger charge is 2.46. The summed E-state index contributed by atoms with van der Waals surface area (Å²) in [5, 5.41) is 16.3. The van der Waals surface area contributed by atoms with E-state index < -0.39 is 17.1 Å². The summed E-state index contributed by atoms with van der Waals surface area (Å²) >= 11 is 1.46. The van der Waals surface area contributed by atoms with Crippen LogP contribution < -0.4 is 15.7 Å². The molecular weight excluding hydrogens is 366 g/mol. The highest BCUT2D eigenvalue weighted by Crippen LogP contribution is 2.46. The van der Waals surface area contributed by atoms with Crippen molar-refractivity contribution in [1.29, 1.82) is 0 Å². The van der Waals surface area contributed by atoms with Crippen molar-refractivity contribution in [2.24, 2.45) is 5.92 Å². The fraction of sp³-hybridized carbons (Fsp3) is 0.300. The standard InChI is InChI=1S/C20H19NO5S/c1-25-15-5-2-4-12-10-14(19(23)26-17(12)15)18(22)21-11-20(24,13-7-8-13)16-6-3-9-27-16/h2-6,9-10,13,24H,7-8,11H2,1H3,(H,21,22)/t20-/m0/s1. The Hall–Kier alpha value is -2.64. The van der Waals surface area contributed by atoms with Gasteiger partial charge in [-0.3, -0.25) is 4.79 Å². The van der Waals surface area contributed by atoms with E-state index in [1.807, 2.05) is 17.5 Å². The summed E-state index contributed by atoms with van der Waals surface area (Å²) in [6, 6.07) is 10.4. The summed E-state index contributed by atoms with van der Waals surface area (Å²) in [5.74, 6) is -0.0183. The average molecular weight is 385 g/mol. The average Bonchev–Trinajstić information content (AvgIpc) is 3.39. The molecule has 1 atom stereocenters. The summed E-state index contributed by atoms with van der Waals surface area (Å²) < 4.78 is 10.5. The molecule has 2 N–H and O–H groups in total. The zero-order valence-corrected chi connectivity index (χ0v) is 15.5. The molecular formula is C20H19NO5S. The van der Waals surface area contributed by atoms with Crippen molar-refractivity contribution in [2.75, 3.05) is 13.7 Å². The van der Waals surface area contributed by atoms with Gasteiger partial charge in [-0.25, -0.2) is 4.79 Å². The third kappa shape index (κ3) is 3.24. The number of benzene rings is 1. The fourth-order valence-electron chi connectivity index (χ4n) is 3.27. The van der Waals surface area contributed by atoms with Crippen LogP contribution in [0.3, 0.4) is 0 Å². The van der Waals surface area contributed by atoms with E-state index in [1.165, 1.54) is 24.5 Å². The van der Waals surface area contributed by atoms with Crippen LogP contribution in [0.1, 0.15) is 28.1 Å². The number of ether oxygens (including phenoxy) is 1. The van der Waals surface area contributed by atoms with Gasteiger partial charge in [-0.15, -0.1) is 11.3 Å². The summed E-state index contributed by atoms with van der Waals surface area (Å²) in [4.78, 5) is 25.7. The number of amides is 1. The second-order valence-corrected chi connectivity index (χ2v) is 7.63. The number of rotatable bonds is 6. The van der Waals surface area contributed by atoms with Gasteiger partial charge in [-0.1, -0.05) is 18.2 Å². The molecule has 140 valence electrons. The van der Waals surface area contributed by atoms with E-state index in [0.717, 1.165) is 17.7 Å². The lowest BCUT2D eigenvalue weighted by Crippen LogP contribution is -2.42. The molecule has 0 spiro atoms. The van der Waals surface area contributed by atoms with Crippen LogP contribution in [0.5, 0.6) is 5.75 Å². The molecule has 2 aromatic heterocycles. The largest absolute Gasteiger partial charge is 0.493 e.